The van der Waals surface area contributed by atoms with Crippen molar-refractivity contribution in [3.8, 4) is 33.4 Å². The second-order valence-corrected chi connectivity index (χ2v) is 12.0. The summed E-state index contributed by atoms with van der Waals surface area (Å²) in [5.74, 6) is 0. The minimum absolute atomic E-state index is 1.01. The second-order valence-electron chi connectivity index (χ2n) is 12.0. The van der Waals surface area contributed by atoms with Gasteiger partial charge in [-0.2, -0.15) is 0 Å². The van der Waals surface area contributed by atoms with Crippen LogP contribution in [0.3, 0.4) is 0 Å². The Morgan fingerprint density at radius 3 is 0.840 bits per heavy atom. The van der Waals surface area contributed by atoms with Crippen molar-refractivity contribution in [2.45, 2.75) is 0 Å². The molecule has 0 amide bonds. The van der Waals surface area contributed by atoms with E-state index in [4.69, 9.17) is 0 Å². The Hall–Kier alpha value is -6.78. The summed E-state index contributed by atoms with van der Waals surface area (Å²) >= 11 is 0. The molecule has 4 heteroatoms. The van der Waals surface area contributed by atoms with Crippen molar-refractivity contribution in [3.05, 3.63) is 207 Å². The van der Waals surface area contributed by atoms with E-state index in [2.05, 4.69) is 177 Å². The van der Waals surface area contributed by atoms with Gasteiger partial charge in [0.1, 0.15) is 0 Å². The van der Waals surface area contributed by atoms with E-state index in [1.807, 2.05) is 49.1 Å². The van der Waals surface area contributed by atoms with Gasteiger partial charge in [-0.05, 0) is 96.1 Å². The number of rotatable bonds is 9. The molecule has 0 unspecified atom stereocenters. The second kappa shape index (κ2) is 14.1. The molecule has 0 N–H and O–H groups in total. The van der Waals surface area contributed by atoms with Crippen molar-refractivity contribution in [1.82, 2.24) is 9.97 Å². The molecule has 0 aliphatic rings. The number of anilines is 6. The lowest BCUT2D eigenvalue weighted by molar-refractivity contribution is 1.27. The molecule has 238 valence electrons. The van der Waals surface area contributed by atoms with Crippen molar-refractivity contribution < 1.29 is 0 Å². The molecule has 0 aliphatic heterocycles. The minimum Gasteiger partial charge on any atom is -0.310 e. The van der Waals surface area contributed by atoms with Crippen LogP contribution in [0.5, 0.6) is 0 Å². The molecule has 4 nitrogen and oxygen atoms in total. The third kappa shape index (κ3) is 6.51. The van der Waals surface area contributed by atoms with Crippen LogP contribution in [0.2, 0.25) is 0 Å². The maximum Gasteiger partial charge on any atom is 0.0467 e. The fourth-order valence-corrected chi connectivity index (χ4v) is 6.36. The fourth-order valence-electron chi connectivity index (χ4n) is 6.36. The van der Waals surface area contributed by atoms with Crippen LogP contribution in [-0.2, 0) is 0 Å². The van der Waals surface area contributed by atoms with Crippen LogP contribution in [0, 0.1) is 0 Å². The Labute approximate surface area is 293 Å². The summed E-state index contributed by atoms with van der Waals surface area (Å²) in [4.78, 5) is 13.9. The van der Waals surface area contributed by atoms with E-state index in [-0.39, 0.29) is 0 Å². The normalized spacial score (nSPS) is 10.8. The highest BCUT2D eigenvalue weighted by Crippen LogP contribution is 2.38. The first-order valence-corrected chi connectivity index (χ1v) is 16.7. The first-order valence-electron chi connectivity index (χ1n) is 16.7. The van der Waals surface area contributed by atoms with Gasteiger partial charge in [0.05, 0.1) is 0 Å². The minimum atomic E-state index is 1.01. The Balaban J connectivity index is 1.13. The highest BCUT2D eigenvalue weighted by atomic mass is 15.1. The molecule has 6 aromatic carbocycles. The maximum atomic E-state index is 4.69. The number of aromatic nitrogens is 2. The van der Waals surface area contributed by atoms with E-state index in [0.29, 0.717) is 0 Å². The highest BCUT2D eigenvalue weighted by Gasteiger charge is 2.15. The van der Waals surface area contributed by atoms with Gasteiger partial charge < -0.3 is 9.80 Å². The number of hydrogen-bond acceptors (Lipinski definition) is 4. The first-order chi connectivity index (χ1) is 24.8. The van der Waals surface area contributed by atoms with E-state index < -0.39 is 0 Å². The Bertz CT molecular complexity index is 2080. The first kappa shape index (κ1) is 30.5. The van der Waals surface area contributed by atoms with Crippen LogP contribution < -0.4 is 9.80 Å². The standard InChI is InChI=1S/C46H34N4/c1-5-17-41(18-6-1)49(42-19-7-2-8-20-42)45-25-13-15-35(29-45)37-27-39(33-47-31-37)40-28-38(32-48-34-40)36-16-14-26-46(30-36)50(43-21-9-3-10-22-43)44-23-11-4-12-24-44/h1-34H. The molecule has 0 radical (unpaired) electrons. The Morgan fingerprint density at radius 2 is 0.520 bits per heavy atom. The summed E-state index contributed by atoms with van der Waals surface area (Å²) in [5.41, 5.74) is 12.8. The van der Waals surface area contributed by atoms with Gasteiger partial charge in [-0.1, -0.05) is 97.1 Å². The van der Waals surface area contributed by atoms with Gasteiger partial charge in [0.25, 0.3) is 0 Å². The van der Waals surface area contributed by atoms with Gasteiger partial charge in [0.2, 0.25) is 0 Å². The molecule has 0 saturated heterocycles. The monoisotopic (exact) mass is 642 g/mol. The van der Waals surface area contributed by atoms with E-state index in [0.717, 1.165) is 67.5 Å². The molecule has 0 spiro atoms. The molecule has 0 fully saturated rings. The molecular formula is C46H34N4. The summed E-state index contributed by atoms with van der Waals surface area (Å²) < 4.78 is 0. The van der Waals surface area contributed by atoms with Gasteiger partial charge in [-0.25, -0.2) is 0 Å². The lowest BCUT2D eigenvalue weighted by Gasteiger charge is -2.26. The van der Waals surface area contributed by atoms with Crippen molar-refractivity contribution in [2.24, 2.45) is 0 Å². The largest absolute Gasteiger partial charge is 0.310 e. The molecule has 2 aromatic heterocycles. The summed E-state index contributed by atoms with van der Waals surface area (Å²) in [5, 5.41) is 0. The van der Waals surface area contributed by atoms with Gasteiger partial charge in [-0.3, -0.25) is 9.97 Å². The lowest BCUT2D eigenvalue weighted by Crippen LogP contribution is -2.09. The molecule has 8 rings (SSSR count). The highest BCUT2D eigenvalue weighted by molar-refractivity contribution is 5.83. The van der Waals surface area contributed by atoms with Gasteiger partial charge in [-0.15, -0.1) is 0 Å². The average molecular weight is 643 g/mol. The van der Waals surface area contributed by atoms with Crippen molar-refractivity contribution in [3.63, 3.8) is 0 Å². The smallest absolute Gasteiger partial charge is 0.0467 e. The number of benzene rings is 6. The molecule has 0 atom stereocenters. The van der Waals surface area contributed by atoms with Crippen molar-refractivity contribution in [1.29, 1.82) is 0 Å². The number of hydrogen-bond donors (Lipinski definition) is 0. The number of pyridine rings is 2. The third-order valence-corrected chi connectivity index (χ3v) is 8.74. The van der Waals surface area contributed by atoms with E-state index in [9.17, 15) is 0 Å². The zero-order valence-corrected chi connectivity index (χ0v) is 27.4. The molecule has 0 bridgehead atoms. The summed E-state index contributed by atoms with van der Waals surface area (Å²) in [6.45, 7) is 0. The van der Waals surface area contributed by atoms with E-state index >= 15 is 0 Å². The average Bonchev–Trinajstić information content (AvgIpc) is 3.20. The van der Waals surface area contributed by atoms with Crippen LogP contribution in [0.1, 0.15) is 0 Å². The Morgan fingerprint density at radius 1 is 0.240 bits per heavy atom. The van der Waals surface area contributed by atoms with E-state index in [1.54, 1.807) is 0 Å². The summed E-state index contributed by atoms with van der Waals surface area (Å²) in [6, 6.07) is 63.5. The van der Waals surface area contributed by atoms with Crippen molar-refractivity contribution in [2.75, 3.05) is 9.80 Å². The SMILES string of the molecule is c1ccc(N(c2ccccc2)c2cccc(-c3cncc(-c4cncc(-c5cccc(N(c6ccccc6)c6ccccc6)c5)c4)c3)c2)cc1. The number of nitrogens with zero attached hydrogens (tertiary/aromatic N) is 4. The zero-order chi connectivity index (χ0) is 33.5. The molecule has 8 aromatic rings. The number of para-hydroxylation sites is 4. The fraction of sp³-hybridized carbons (Fsp3) is 0. The predicted molar refractivity (Wildman–Crippen MR) is 208 cm³/mol. The zero-order valence-electron chi connectivity index (χ0n) is 27.4. The van der Waals surface area contributed by atoms with Gasteiger partial charge in [0.15, 0.2) is 0 Å². The lowest BCUT2D eigenvalue weighted by atomic mass is 9.99. The summed E-state index contributed by atoms with van der Waals surface area (Å²) in [7, 11) is 0. The maximum absolute atomic E-state index is 4.69. The molecule has 2 heterocycles. The van der Waals surface area contributed by atoms with Crippen LogP contribution in [0.25, 0.3) is 33.4 Å². The van der Waals surface area contributed by atoms with Crippen LogP contribution in [0.15, 0.2) is 207 Å². The third-order valence-electron chi connectivity index (χ3n) is 8.74. The van der Waals surface area contributed by atoms with Crippen LogP contribution >= 0.6 is 0 Å². The molecule has 0 saturated carbocycles. The molecule has 50 heavy (non-hydrogen) atoms. The van der Waals surface area contributed by atoms with Crippen LogP contribution in [0.4, 0.5) is 34.1 Å². The van der Waals surface area contributed by atoms with Crippen LogP contribution in [-0.4, -0.2) is 9.97 Å². The van der Waals surface area contributed by atoms with Crippen molar-refractivity contribution >= 4 is 34.1 Å². The molecule has 0 aliphatic carbocycles. The summed E-state index contributed by atoms with van der Waals surface area (Å²) in [6.07, 6.45) is 7.69. The predicted octanol–water partition coefficient (Wildman–Crippen LogP) is 12.4. The topological polar surface area (TPSA) is 32.3 Å². The van der Waals surface area contributed by atoms with Gasteiger partial charge >= 0.3 is 0 Å². The Kier molecular flexibility index (Phi) is 8.64. The van der Waals surface area contributed by atoms with E-state index in [1.165, 1.54) is 0 Å². The molecular weight excluding hydrogens is 609 g/mol. The van der Waals surface area contributed by atoms with Gasteiger partial charge in [0, 0.05) is 81.2 Å². The quantitative estimate of drug-likeness (QED) is 0.157.